The van der Waals surface area contributed by atoms with Gasteiger partial charge in [-0.1, -0.05) is 11.6 Å². The number of halogens is 3. The molecule has 0 bridgehead atoms. The topological polar surface area (TPSA) is 33.0 Å². The molecule has 0 heterocycles. The van der Waals surface area contributed by atoms with Crippen molar-refractivity contribution in [1.29, 1.82) is 5.26 Å². The molecule has 0 saturated carbocycles. The zero-order valence-corrected chi connectivity index (χ0v) is 9.71. The molecule has 0 aliphatic rings. The summed E-state index contributed by atoms with van der Waals surface area (Å²) in [6, 6.07) is 9.18. The Hall–Kier alpha value is -2.12. The Morgan fingerprint density at radius 1 is 1.11 bits per heavy atom. The fraction of sp³-hybridized carbons (Fsp3) is 0. The van der Waals surface area contributed by atoms with Crippen molar-refractivity contribution < 1.29 is 13.5 Å². The van der Waals surface area contributed by atoms with Crippen LogP contribution in [0.5, 0.6) is 11.5 Å². The van der Waals surface area contributed by atoms with E-state index in [-0.39, 0.29) is 22.1 Å². The molecule has 0 aliphatic heterocycles. The van der Waals surface area contributed by atoms with Gasteiger partial charge in [0.1, 0.15) is 29.2 Å². The van der Waals surface area contributed by atoms with Gasteiger partial charge in [-0.05, 0) is 30.3 Å². The van der Waals surface area contributed by atoms with Crippen molar-refractivity contribution in [3.63, 3.8) is 0 Å². The van der Waals surface area contributed by atoms with Crippen LogP contribution < -0.4 is 4.74 Å². The predicted molar refractivity (Wildman–Crippen MR) is 62.6 cm³/mol. The lowest BCUT2D eigenvalue weighted by Crippen LogP contribution is -1.90. The molecular formula is C13H6ClF2NO. The Morgan fingerprint density at radius 2 is 1.89 bits per heavy atom. The highest BCUT2D eigenvalue weighted by molar-refractivity contribution is 6.30. The summed E-state index contributed by atoms with van der Waals surface area (Å²) in [5.41, 5.74) is 0.0327. The second-order valence-electron chi connectivity index (χ2n) is 3.43. The average Bonchev–Trinajstić information content (AvgIpc) is 2.36. The molecule has 0 radical (unpaired) electrons. The Kier molecular flexibility index (Phi) is 3.45. The molecule has 0 fully saturated rings. The van der Waals surface area contributed by atoms with Crippen LogP contribution >= 0.6 is 11.6 Å². The highest BCUT2D eigenvalue weighted by Gasteiger charge is 2.08. The summed E-state index contributed by atoms with van der Waals surface area (Å²) in [5, 5.41) is 8.80. The Balaban J connectivity index is 2.34. The lowest BCUT2D eigenvalue weighted by Gasteiger charge is -2.07. The second kappa shape index (κ2) is 5.03. The zero-order chi connectivity index (χ0) is 13.1. The Bertz CT molecular complexity index is 637. The lowest BCUT2D eigenvalue weighted by molar-refractivity contribution is 0.473. The summed E-state index contributed by atoms with van der Waals surface area (Å²) in [7, 11) is 0. The summed E-state index contributed by atoms with van der Waals surface area (Å²) in [5.74, 6) is -0.836. The maximum absolute atomic E-state index is 13.2. The summed E-state index contributed by atoms with van der Waals surface area (Å²) < 4.78 is 31.4. The summed E-state index contributed by atoms with van der Waals surface area (Å²) >= 11 is 5.53. The molecule has 2 aromatic rings. The number of ether oxygens (including phenoxy) is 1. The van der Waals surface area contributed by atoms with E-state index in [1.54, 1.807) is 6.07 Å². The number of hydrogen-bond donors (Lipinski definition) is 0. The third kappa shape index (κ3) is 2.58. The van der Waals surface area contributed by atoms with E-state index < -0.39 is 11.6 Å². The van der Waals surface area contributed by atoms with Gasteiger partial charge in [0.15, 0.2) is 0 Å². The second-order valence-corrected chi connectivity index (χ2v) is 3.84. The monoisotopic (exact) mass is 265 g/mol. The molecule has 0 atom stereocenters. The van der Waals surface area contributed by atoms with E-state index >= 15 is 0 Å². The van der Waals surface area contributed by atoms with Gasteiger partial charge >= 0.3 is 0 Å². The van der Waals surface area contributed by atoms with Gasteiger partial charge in [0.25, 0.3) is 0 Å². The first-order valence-corrected chi connectivity index (χ1v) is 5.30. The van der Waals surface area contributed by atoms with Crippen LogP contribution in [-0.4, -0.2) is 0 Å². The Labute approximate surface area is 107 Å². The van der Waals surface area contributed by atoms with Crippen molar-refractivity contribution in [2.75, 3.05) is 0 Å². The summed E-state index contributed by atoms with van der Waals surface area (Å²) in [4.78, 5) is 0. The first kappa shape index (κ1) is 12.3. The number of hydrogen-bond acceptors (Lipinski definition) is 2. The maximum atomic E-state index is 13.2. The van der Waals surface area contributed by atoms with E-state index in [9.17, 15) is 8.78 Å². The molecular weight excluding hydrogens is 260 g/mol. The largest absolute Gasteiger partial charge is 0.456 e. The van der Waals surface area contributed by atoms with E-state index in [1.165, 1.54) is 18.2 Å². The average molecular weight is 266 g/mol. The van der Waals surface area contributed by atoms with Crippen LogP contribution in [0, 0.1) is 23.0 Å². The maximum Gasteiger partial charge on any atom is 0.145 e. The highest BCUT2D eigenvalue weighted by atomic mass is 35.5. The standard InChI is InChI=1S/C13H6ClF2NO/c14-11-3-2-10(6-12(11)16)18-13-4-1-9(15)5-8(13)7-17/h1-6H. The van der Waals surface area contributed by atoms with Crippen molar-refractivity contribution in [2.45, 2.75) is 0 Å². The fourth-order valence-corrected chi connectivity index (χ4v) is 1.46. The minimum atomic E-state index is -0.630. The van der Waals surface area contributed by atoms with E-state index in [4.69, 9.17) is 21.6 Å². The zero-order valence-electron chi connectivity index (χ0n) is 8.95. The van der Waals surface area contributed by atoms with Crippen molar-refractivity contribution in [3.05, 3.63) is 58.6 Å². The Morgan fingerprint density at radius 3 is 2.56 bits per heavy atom. The molecule has 0 aromatic heterocycles. The van der Waals surface area contributed by atoms with Gasteiger partial charge in [0.2, 0.25) is 0 Å². The number of benzene rings is 2. The van der Waals surface area contributed by atoms with Gasteiger partial charge in [-0.25, -0.2) is 8.78 Å². The normalized spacial score (nSPS) is 9.89. The van der Waals surface area contributed by atoms with Crippen LogP contribution in [0.3, 0.4) is 0 Å². The number of rotatable bonds is 2. The summed E-state index contributed by atoms with van der Waals surface area (Å²) in [6.45, 7) is 0. The van der Waals surface area contributed by atoms with E-state index in [2.05, 4.69) is 0 Å². The summed E-state index contributed by atoms with van der Waals surface area (Å²) in [6.07, 6.45) is 0. The molecule has 0 saturated heterocycles. The third-order valence-corrected chi connectivity index (χ3v) is 2.49. The molecule has 0 spiro atoms. The van der Waals surface area contributed by atoms with Gasteiger partial charge in [-0.15, -0.1) is 0 Å². The molecule has 5 heteroatoms. The molecule has 0 aliphatic carbocycles. The first-order valence-electron chi connectivity index (χ1n) is 4.92. The molecule has 90 valence electrons. The number of nitriles is 1. The first-order chi connectivity index (χ1) is 8.60. The lowest BCUT2D eigenvalue weighted by atomic mass is 10.2. The molecule has 0 N–H and O–H groups in total. The van der Waals surface area contributed by atoms with Crippen LogP contribution in [0.1, 0.15) is 5.56 Å². The van der Waals surface area contributed by atoms with Crippen LogP contribution in [0.4, 0.5) is 8.78 Å². The minimum Gasteiger partial charge on any atom is -0.456 e. The van der Waals surface area contributed by atoms with Crippen molar-refractivity contribution in [3.8, 4) is 17.6 Å². The highest BCUT2D eigenvalue weighted by Crippen LogP contribution is 2.28. The molecule has 0 unspecified atom stereocenters. The van der Waals surface area contributed by atoms with Crippen molar-refractivity contribution >= 4 is 11.6 Å². The smallest absolute Gasteiger partial charge is 0.145 e. The van der Waals surface area contributed by atoms with Gasteiger partial charge in [0, 0.05) is 6.07 Å². The molecule has 0 amide bonds. The van der Waals surface area contributed by atoms with Gasteiger partial charge < -0.3 is 4.74 Å². The van der Waals surface area contributed by atoms with E-state index in [1.807, 2.05) is 0 Å². The van der Waals surface area contributed by atoms with Crippen LogP contribution in [0.15, 0.2) is 36.4 Å². The quantitative estimate of drug-likeness (QED) is 0.812. The molecule has 2 rings (SSSR count). The number of nitrogens with zero attached hydrogens (tertiary/aromatic N) is 1. The van der Waals surface area contributed by atoms with Crippen LogP contribution in [-0.2, 0) is 0 Å². The van der Waals surface area contributed by atoms with Crippen molar-refractivity contribution in [1.82, 2.24) is 0 Å². The van der Waals surface area contributed by atoms with E-state index in [0.717, 1.165) is 18.2 Å². The molecule has 2 aromatic carbocycles. The van der Waals surface area contributed by atoms with Gasteiger partial charge in [0.05, 0.1) is 10.6 Å². The third-order valence-electron chi connectivity index (χ3n) is 2.18. The minimum absolute atomic E-state index is 0.0260. The molecule has 18 heavy (non-hydrogen) atoms. The SMILES string of the molecule is N#Cc1cc(F)ccc1Oc1ccc(Cl)c(F)c1. The van der Waals surface area contributed by atoms with Crippen molar-refractivity contribution in [2.24, 2.45) is 0 Å². The predicted octanol–water partition coefficient (Wildman–Crippen LogP) is 4.28. The van der Waals surface area contributed by atoms with Crippen LogP contribution in [0.25, 0.3) is 0 Å². The fourth-order valence-electron chi connectivity index (χ4n) is 1.35. The van der Waals surface area contributed by atoms with Gasteiger partial charge in [-0.3, -0.25) is 0 Å². The van der Waals surface area contributed by atoms with Crippen LogP contribution in [0.2, 0.25) is 5.02 Å². The van der Waals surface area contributed by atoms with Gasteiger partial charge in [-0.2, -0.15) is 5.26 Å². The molecule has 2 nitrogen and oxygen atoms in total. The van der Waals surface area contributed by atoms with E-state index in [0.29, 0.717) is 0 Å².